The maximum Gasteiger partial charge on any atom is 0.319 e. The molecule has 0 bridgehead atoms. The number of aromatic nitrogens is 2. The number of urea groups is 1. The molecule has 11 heteroatoms. The normalized spacial score (nSPS) is 18.1. The lowest BCUT2D eigenvalue weighted by atomic mass is 9.92. The zero-order valence-electron chi connectivity index (χ0n) is 20.9. The third-order valence-corrected chi connectivity index (χ3v) is 7.19. The molecule has 3 aromatic rings. The van der Waals surface area contributed by atoms with Gasteiger partial charge in [0, 0.05) is 35.2 Å². The van der Waals surface area contributed by atoms with Crippen molar-refractivity contribution < 1.29 is 23.9 Å². The van der Waals surface area contributed by atoms with Crippen molar-refractivity contribution in [2.45, 2.75) is 38.6 Å². The number of carbonyl (C=O) groups is 3. The van der Waals surface area contributed by atoms with Crippen molar-refractivity contribution in [3.8, 4) is 0 Å². The second kappa shape index (κ2) is 10.3. The molecule has 1 fully saturated rings. The lowest BCUT2D eigenvalue weighted by molar-refractivity contribution is -0.121. The average molecular weight is 521 g/mol. The molecule has 1 saturated carbocycles. The van der Waals surface area contributed by atoms with Crippen LogP contribution in [0.1, 0.15) is 43.4 Å². The molecule has 10 nitrogen and oxygen atoms in total. The third-order valence-electron chi connectivity index (χ3n) is 7.19. The number of anilines is 1. The van der Waals surface area contributed by atoms with E-state index in [0.717, 1.165) is 23.7 Å². The quantitative estimate of drug-likeness (QED) is 0.257. The zero-order valence-corrected chi connectivity index (χ0v) is 20.9. The molecule has 1 unspecified atom stereocenters. The summed E-state index contributed by atoms with van der Waals surface area (Å²) in [6, 6.07) is 8.39. The van der Waals surface area contributed by atoms with Gasteiger partial charge >= 0.3 is 6.03 Å². The summed E-state index contributed by atoms with van der Waals surface area (Å²) in [6.45, 7) is 2.07. The second-order valence-electron chi connectivity index (χ2n) is 9.98. The Kier molecular flexibility index (Phi) is 6.85. The van der Waals surface area contributed by atoms with E-state index in [1.807, 2.05) is 0 Å². The lowest BCUT2D eigenvalue weighted by Gasteiger charge is -2.29. The van der Waals surface area contributed by atoms with Crippen LogP contribution in [0.25, 0.3) is 10.9 Å². The van der Waals surface area contributed by atoms with Crippen LogP contribution in [-0.2, 0) is 16.0 Å². The van der Waals surface area contributed by atoms with Crippen molar-refractivity contribution >= 4 is 34.4 Å². The summed E-state index contributed by atoms with van der Waals surface area (Å²) in [5.41, 5.74) is 2.66. The van der Waals surface area contributed by atoms with Crippen LogP contribution in [0.3, 0.4) is 0 Å². The Hall–Kier alpha value is -4.25. The number of amides is 4. The molecular formula is C27H29FN6O4. The molecule has 2 heterocycles. The van der Waals surface area contributed by atoms with Crippen molar-refractivity contribution in [3.05, 3.63) is 70.8 Å². The number of aliphatic hydroxyl groups is 1. The number of hydrogen-bond donors (Lipinski definition) is 6. The highest BCUT2D eigenvalue weighted by molar-refractivity contribution is 6.07. The molecule has 5 rings (SSSR count). The molecule has 1 atom stereocenters. The molecule has 1 aliphatic heterocycles. The molecule has 4 amide bonds. The van der Waals surface area contributed by atoms with Crippen molar-refractivity contribution in [1.29, 1.82) is 0 Å². The smallest absolute Gasteiger partial charge is 0.319 e. The molecular weight excluding hydrogens is 491 g/mol. The Balaban J connectivity index is 1.32. The van der Waals surface area contributed by atoms with Crippen LogP contribution in [0, 0.1) is 11.2 Å². The Labute approximate surface area is 218 Å². The number of aryl methyl sites for hydroxylation is 1. The SMILES string of the molecule is CC1=C(C(=O)Nc2ccc3[nH]ncc3c2)C(c2ccc(F)c(CCC(=O)NCC3(CO)CC3)c2)NC(=O)N1. The van der Waals surface area contributed by atoms with E-state index in [0.29, 0.717) is 29.1 Å². The Morgan fingerprint density at radius 2 is 2.03 bits per heavy atom. The highest BCUT2D eigenvalue weighted by Crippen LogP contribution is 2.44. The van der Waals surface area contributed by atoms with Crippen LogP contribution in [0.5, 0.6) is 0 Å². The maximum atomic E-state index is 14.7. The molecule has 2 aliphatic rings. The minimum atomic E-state index is -0.825. The summed E-state index contributed by atoms with van der Waals surface area (Å²) in [5.74, 6) is -1.13. The molecule has 198 valence electrons. The number of fused-ring (bicyclic) bond motifs is 1. The van der Waals surface area contributed by atoms with E-state index in [1.54, 1.807) is 37.4 Å². The number of rotatable bonds is 9. The molecule has 0 radical (unpaired) electrons. The van der Waals surface area contributed by atoms with Gasteiger partial charge in [-0.2, -0.15) is 5.10 Å². The zero-order chi connectivity index (χ0) is 26.9. The fraction of sp³-hybridized carbons (Fsp3) is 0.333. The summed E-state index contributed by atoms with van der Waals surface area (Å²) in [7, 11) is 0. The maximum absolute atomic E-state index is 14.7. The van der Waals surface area contributed by atoms with Crippen LogP contribution < -0.4 is 21.3 Å². The molecule has 2 aromatic carbocycles. The summed E-state index contributed by atoms with van der Waals surface area (Å²) >= 11 is 0. The highest BCUT2D eigenvalue weighted by Gasteiger charge is 2.42. The number of nitrogens with one attached hydrogen (secondary N) is 5. The van der Waals surface area contributed by atoms with Gasteiger partial charge in [0.1, 0.15) is 5.82 Å². The average Bonchev–Trinajstić information content (AvgIpc) is 3.53. The molecule has 1 aromatic heterocycles. The van der Waals surface area contributed by atoms with Crippen LogP contribution in [-0.4, -0.2) is 46.3 Å². The van der Waals surface area contributed by atoms with Gasteiger partial charge in [-0.05, 0) is 61.6 Å². The standard InChI is InChI=1S/C27H29FN6O4/c1-15-23(25(37)32-19-4-6-21-18(11-19)12-30-34-21)24(33-26(38)31-15)17-2-5-20(28)16(10-17)3-7-22(36)29-13-27(14-35)8-9-27/h2,4-6,10-12,24,35H,3,7-9,13-14H2,1H3,(H,29,36)(H,30,34)(H,32,37)(H2,31,33,38). The predicted octanol–water partition coefficient (Wildman–Crippen LogP) is 2.79. The van der Waals surface area contributed by atoms with Crippen LogP contribution >= 0.6 is 0 Å². The number of halogens is 1. The summed E-state index contributed by atoms with van der Waals surface area (Å²) in [4.78, 5) is 38.0. The van der Waals surface area contributed by atoms with E-state index < -0.39 is 23.8 Å². The number of aliphatic hydroxyl groups excluding tert-OH is 1. The van der Waals surface area contributed by atoms with Gasteiger partial charge in [0.25, 0.3) is 5.91 Å². The van der Waals surface area contributed by atoms with Gasteiger partial charge in [0.15, 0.2) is 0 Å². The van der Waals surface area contributed by atoms with Gasteiger partial charge in [-0.3, -0.25) is 14.7 Å². The first-order valence-electron chi connectivity index (χ1n) is 12.5. The van der Waals surface area contributed by atoms with E-state index in [-0.39, 0.29) is 36.3 Å². The van der Waals surface area contributed by atoms with Crippen molar-refractivity contribution in [1.82, 2.24) is 26.1 Å². The van der Waals surface area contributed by atoms with Gasteiger partial charge < -0.3 is 26.4 Å². The number of hydrogen-bond acceptors (Lipinski definition) is 5. The lowest BCUT2D eigenvalue weighted by Crippen LogP contribution is -2.46. The topological polar surface area (TPSA) is 148 Å². The van der Waals surface area contributed by atoms with Crippen molar-refractivity contribution in [2.75, 3.05) is 18.5 Å². The van der Waals surface area contributed by atoms with Crippen LogP contribution in [0.4, 0.5) is 14.9 Å². The third kappa shape index (κ3) is 5.37. The number of H-pyrrole nitrogens is 1. The van der Waals surface area contributed by atoms with E-state index in [1.165, 1.54) is 12.1 Å². The number of carbonyl (C=O) groups excluding carboxylic acids is 3. The Morgan fingerprint density at radius 1 is 1.21 bits per heavy atom. The summed E-state index contributed by atoms with van der Waals surface area (Å²) in [5, 5.41) is 28.2. The van der Waals surface area contributed by atoms with Gasteiger partial charge in [0.05, 0.1) is 29.9 Å². The van der Waals surface area contributed by atoms with Crippen molar-refractivity contribution in [3.63, 3.8) is 0 Å². The Morgan fingerprint density at radius 3 is 2.79 bits per heavy atom. The predicted molar refractivity (Wildman–Crippen MR) is 138 cm³/mol. The monoisotopic (exact) mass is 520 g/mol. The largest absolute Gasteiger partial charge is 0.396 e. The number of allylic oxidation sites excluding steroid dienone is 1. The first-order chi connectivity index (χ1) is 18.3. The highest BCUT2D eigenvalue weighted by atomic mass is 19.1. The van der Waals surface area contributed by atoms with E-state index in [9.17, 15) is 23.9 Å². The van der Waals surface area contributed by atoms with Gasteiger partial charge in [-0.1, -0.05) is 12.1 Å². The van der Waals surface area contributed by atoms with E-state index in [2.05, 4.69) is 31.5 Å². The van der Waals surface area contributed by atoms with Crippen LogP contribution in [0.15, 0.2) is 53.9 Å². The summed E-state index contributed by atoms with van der Waals surface area (Å²) < 4.78 is 14.7. The Bertz CT molecular complexity index is 1440. The van der Waals surface area contributed by atoms with Gasteiger partial charge in [-0.15, -0.1) is 0 Å². The fourth-order valence-electron chi connectivity index (χ4n) is 4.62. The molecule has 0 spiro atoms. The molecule has 6 N–H and O–H groups in total. The van der Waals surface area contributed by atoms with Gasteiger partial charge in [0.2, 0.25) is 5.91 Å². The van der Waals surface area contributed by atoms with Gasteiger partial charge in [-0.25, -0.2) is 9.18 Å². The molecule has 1 aliphatic carbocycles. The first kappa shape index (κ1) is 25.4. The number of nitrogens with zero attached hydrogens (tertiary/aromatic N) is 1. The van der Waals surface area contributed by atoms with Crippen LogP contribution in [0.2, 0.25) is 0 Å². The minimum absolute atomic E-state index is 0.0344. The minimum Gasteiger partial charge on any atom is -0.396 e. The molecule has 0 saturated heterocycles. The van der Waals surface area contributed by atoms with E-state index >= 15 is 0 Å². The fourth-order valence-corrected chi connectivity index (χ4v) is 4.62. The van der Waals surface area contributed by atoms with Crippen molar-refractivity contribution in [2.24, 2.45) is 5.41 Å². The number of benzene rings is 2. The number of aromatic amines is 1. The molecule has 38 heavy (non-hydrogen) atoms. The second-order valence-corrected chi connectivity index (χ2v) is 9.98. The van der Waals surface area contributed by atoms with E-state index in [4.69, 9.17) is 0 Å². The summed E-state index contributed by atoms with van der Waals surface area (Å²) in [6.07, 6.45) is 3.62. The first-order valence-corrected chi connectivity index (χ1v) is 12.5.